The first kappa shape index (κ1) is 14.8. The first-order valence-electron chi connectivity index (χ1n) is 6.76. The molecule has 0 radical (unpaired) electrons. The van der Waals surface area contributed by atoms with Gasteiger partial charge in [-0.3, -0.25) is 4.79 Å². The zero-order valence-electron chi connectivity index (χ0n) is 11.2. The summed E-state index contributed by atoms with van der Waals surface area (Å²) in [4.78, 5) is 22.2. The van der Waals surface area contributed by atoms with Crippen LogP contribution in [-0.2, 0) is 4.79 Å². The molecule has 2 amide bonds. The lowest BCUT2D eigenvalue weighted by Crippen LogP contribution is -2.44. The van der Waals surface area contributed by atoms with E-state index in [2.05, 4.69) is 17.6 Å². The zero-order valence-corrected chi connectivity index (χ0v) is 11.2. The van der Waals surface area contributed by atoms with Crippen molar-refractivity contribution in [2.75, 3.05) is 6.54 Å². The minimum absolute atomic E-state index is 0.171. The summed E-state index contributed by atoms with van der Waals surface area (Å²) < 4.78 is 0. The molecule has 1 rings (SSSR count). The van der Waals surface area contributed by atoms with Gasteiger partial charge in [-0.1, -0.05) is 26.7 Å². The molecular weight excluding hydrogens is 232 g/mol. The fourth-order valence-corrected chi connectivity index (χ4v) is 2.20. The predicted molar refractivity (Wildman–Crippen MR) is 69.4 cm³/mol. The van der Waals surface area contributed by atoms with E-state index in [1.165, 1.54) is 6.42 Å². The highest BCUT2D eigenvalue weighted by molar-refractivity contribution is 5.75. The summed E-state index contributed by atoms with van der Waals surface area (Å²) in [6.45, 7) is 4.00. The SMILES string of the molecule is CC1CCCC(NC(=O)NCC(C)C(=O)O)CC1. The third-order valence-corrected chi connectivity index (χ3v) is 3.58. The molecule has 5 nitrogen and oxygen atoms in total. The van der Waals surface area contributed by atoms with Gasteiger partial charge in [0.25, 0.3) is 0 Å². The van der Waals surface area contributed by atoms with Crippen LogP contribution in [0.1, 0.15) is 46.0 Å². The zero-order chi connectivity index (χ0) is 13.5. The molecule has 0 aromatic rings. The number of hydrogen-bond acceptors (Lipinski definition) is 2. The van der Waals surface area contributed by atoms with E-state index in [1.54, 1.807) is 6.92 Å². The molecule has 0 aliphatic heterocycles. The van der Waals surface area contributed by atoms with Crippen molar-refractivity contribution < 1.29 is 14.7 Å². The quantitative estimate of drug-likeness (QED) is 0.673. The molecule has 1 saturated carbocycles. The van der Waals surface area contributed by atoms with E-state index in [4.69, 9.17) is 5.11 Å². The molecule has 3 atom stereocenters. The van der Waals surface area contributed by atoms with Gasteiger partial charge in [0, 0.05) is 12.6 Å². The van der Waals surface area contributed by atoms with Crippen molar-refractivity contribution in [3.63, 3.8) is 0 Å². The van der Waals surface area contributed by atoms with Crippen molar-refractivity contribution in [2.45, 2.75) is 52.0 Å². The molecule has 0 spiro atoms. The smallest absolute Gasteiger partial charge is 0.315 e. The van der Waals surface area contributed by atoms with E-state index < -0.39 is 11.9 Å². The Bertz CT molecular complexity index is 294. The number of carboxylic acid groups (broad SMARTS) is 1. The molecule has 104 valence electrons. The van der Waals surface area contributed by atoms with Crippen molar-refractivity contribution in [2.24, 2.45) is 11.8 Å². The summed E-state index contributed by atoms with van der Waals surface area (Å²) in [6, 6.07) is -0.0160. The standard InChI is InChI=1S/C13H24N2O3/c1-9-4-3-5-11(7-6-9)15-13(18)14-8-10(2)12(16)17/h9-11H,3-8H2,1-2H3,(H,16,17)(H2,14,15,18). The Hall–Kier alpha value is -1.26. The Morgan fingerprint density at radius 1 is 1.28 bits per heavy atom. The van der Waals surface area contributed by atoms with Gasteiger partial charge >= 0.3 is 12.0 Å². The van der Waals surface area contributed by atoms with Gasteiger partial charge in [-0.15, -0.1) is 0 Å². The van der Waals surface area contributed by atoms with Gasteiger partial charge in [0.1, 0.15) is 0 Å². The predicted octanol–water partition coefficient (Wildman–Crippen LogP) is 1.98. The van der Waals surface area contributed by atoms with Gasteiger partial charge in [0.15, 0.2) is 0 Å². The van der Waals surface area contributed by atoms with Crippen LogP contribution in [0.2, 0.25) is 0 Å². The van der Waals surface area contributed by atoms with Crippen LogP contribution >= 0.6 is 0 Å². The van der Waals surface area contributed by atoms with Crippen LogP contribution in [0, 0.1) is 11.8 Å². The van der Waals surface area contributed by atoms with E-state index in [0.717, 1.165) is 31.6 Å². The summed E-state index contributed by atoms with van der Waals surface area (Å²) in [5, 5.41) is 14.3. The molecule has 3 N–H and O–H groups in total. The average Bonchev–Trinajstić information content (AvgIpc) is 2.51. The third kappa shape index (κ3) is 5.38. The summed E-state index contributed by atoms with van der Waals surface area (Å²) in [6.07, 6.45) is 5.57. The summed E-state index contributed by atoms with van der Waals surface area (Å²) >= 11 is 0. The molecule has 0 heterocycles. The molecule has 0 bridgehead atoms. The monoisotopic (exact) mass is 256 g/mol. The summed E-state index contributed by atoms with van der Waals surface area (Å²) in [5.41, 5.74) is 0. The van der Waals surface area contributed by atoms with Crippen molar-refractivity contribution >= 4 is 12.0 Å². The highest BCUT2D eigenvalue weighted by Crippen LogP contribution is 2.22. The molecular formula is C13H24N2O3. The number of nitrogens with one attached hydrogen (secondary N) is 2. The van der Waals surface area contributed by atoms with Gasteiger partial charge in [-0.05, 0) is 25.2 Å². The molecule has 3 unspecified atom stereocenters. The third-order valence-electron chi connectivity index (χ3n) is 3.58. The number of amides is 2. The second-order valence-corrected chi connectivity index (χ2v) is 5.40. The highest BCUT2D eigenvalue weighted by Gasteiger charge is 2.18. The van der Waals surface area contributed by atoms with E-state index >= 15 is 0 Å². The summed E-state index contributed by atoms with van der Waals surface area (Å²) in [5.74, 6) is -0.699. The maximum Gasteiger partial charge on any atom is 0.315 e. The van der Waals surface area contributed by atoms with E-state index in [9.17, 15) is 9.59 Å². The highest BCUT2D eigenvalue weighted by atomic mass is 16.4. The number of carbonyl (C=O) groups excluding carboxylic acids is 1. The number of carboxylic acids is 1. The molecule has 0 aromatic carbocycles. The minimum Gasteiger partial charge on any atom is -0.481 e. The first-order valence-corrected chi connectivity index (χ1v) is 6.76. The van der Waals surface area contributed by atoms with Crippen molar-refractivity contribution in [3.8, 4) is 0 Å². The molecule has 0 saturated heterocycles. The Morgan fingerprint density at radius 2 is 2.00 bits per heavy atom. The van der Waals surface area contributed by atoms with E-state index in [0.29, 0.717) is 0 Å². The molecule has 18 heavy (non-hydrogen) atoms. The van der Waals surface area contributed by atoms with E-state index in [-0.39, 0.29) is 18.6 Å². The lowest BCUT2D eigenvalue weighted by atomic mass is 10.0. The maximum absolute atomic E-state index is 11.6. The second-order valence-electron chi connectivity index (χ2n) is 5.40. The van der Waals surface area contributed by atoms with Gasteiger partial charge < -0.3 is 15.7 Å². The van der Waals surface area contributed by atoms with Crippen LogP contribution in [0.5, 0.6) is 0 Å². The van der Waals surface area contributed by atoms with Crippen LogP contribution in [0.3, 0.4) is 0 Å². The fourth-order valence-electron chi connectivity index (χ4n) is 2.20. The van der Waals surface area contributed by atoms with Crippen LogP contribution in [0.15, 0.2) is 0 Å². The Labute approximate surface area is 108 Å². The van der Waals surface area contributed by atoms with Crippen LogP contribution in [0.25, 0.3) is 0 Å². The average molecular weight is 256 g/mol. The number of carbonyl (C=O) groups is 2. The topological polar surface area (TPSA) is 78.4 Å². The second kappa shape index (κ2) is 7.24. The number of rotatable bonds is 4. The molecule has 1 fully saturated rings. The molecule has 5 heteroatoms. The van der Waals surface area contributed by atoms with Crippen molar-refractivity contribution in [1.82, 2.24) is 10.6 Å². The number of urea groups is 1. The van der Waals surface area contributed by atoms with Crippen LogP contribution in [0.4, 0.5) is 4.79 Å². The molecule has 0 aromatic heterocycles. The maximum atomic E-state index is 11.6. The minimum atomic E-state index is -0.890. The van der Waals surface area contributed by atoms with Gasteiger partial charge in [-0.2, -0.15) is 0 Å². The van der Waals surface area contributed by atoms with Gasteiger partial charge in [-0.25, -0.2) is 4.79 Å². The van der Waals surface area contributed by atoms with Gasteiger partial charge in [0.2, 0.25) is 0 Å². The van der Waals surface area contributed by atoms with Gasteiger partial charge in [0.05, 0.1) is 5.92 Å². The number of aliphatic carboxylic acids is 1. The lowest BCUT2D eigenvalue weighted by Gasteiger charge is -2.17. The van der Waals surface area contributed by atoms with Crippen LogP contribution < -0.4 is 10.6 Å². The Kier molecular flexibility index (Phi) is 5.95. The lowest BCUT2D eigenvalue weighted by molar-refractivity contribution is -0.140. The van der Waals surface area contributed by atoms with Crippen molar-refractivity contribution in [3.05, 3.63) is 0 Å². The van der Waals surface area contributed by atoms with Crippen molar-refractivity contribution in [1.29, 1.82) is 0 Å². The Morgan fingerprint density at radius 3 is 2.67 bits per heavy atom. The number of hydrogen-bond donors (Lipinski definition) is 3. The first-order chi connectivity index (χ1) is 8.49. The molecule has 1 aliphatic carbocycles. The van der Waals surface area contributed by atoms with Crippen LogP contribution in [-0.4, -0.2) is 29.7 Å². The Balaban J connectivity index is 2.25. The normalized spacial score (nSPS) is 25.9. The molecule has 1 aliphatic rings. The fraction of sp³-hybridized carbons (Fsp3) is 0.846. The summed E-state index contributed by atoms with van der Waals surface area (Å²) in [7, 11) is 0. The largest absolute Gasteiger partial charge is 0.481 e. The van der Waals surface area contributed by atoms with E-state index in [1.807, 2.05) is 0 Å².